The molecule has 0 radical (unpaired) electrons. The van der Waals surface area contributed by atoms with Gasteiger partial charge < -0.3 is 19.5 Å². The number of likely N-dealkylation sites (tertiary alicyclic amines) is 1. The first-order valence-corrected chi connectivity index (χ1v) is 6.61. The van der Waals surface area contributed by atoms with Crippen LogP contribution >= 0.6 is 0 Å². The highest BCUT2D eigenvalue weighted by atomic mass is 16.5. The van der Waals surface area contributed by atoms with Crippen LogP contribution in [-0.2, 0) is 9.53 Å². The molecule has 2 unspecified atom stereocenters. The predicted molar refractivity (Wildman–Crippen MR) is 73.3 cm³/mol. The lowest BCUT2D eigenvalue weighted by Gasteiger charge is -2.23. The molecular weight excluding hydrogens is 276 g/mol. The Bertz CT molecular complexity index is 534. The first-order valence-electron chi connectivity index (χ1n) is 6.61. The smallest absolute Gasteiger partial charge is 0.305 e. The van der Waals surface area contributed by atoms with Gasteiger partial charge in [-0.15, -0.1) is 0 Å². The Balaban J connectivity index is 2.24. The molecule has 1 N–H and O–H groups in total. The Labute approximate surface area is 122 Å². The van der Waals surface area contributed by atoms with E-state index in [1.165, 1.54) is 18.2 Å². The van der Waals surface area contributed by atoms with E-state index in [9.17, 15) is 9.59 Å². The zero-order chi connectivity index (χ0) is 15.4. The second-order valence-electron chi connectivity index (χ2n) is 4.86. The third-order valence-corrected chi connectivity index (χ3v) is 3.58. The fraction of sp³-hybridized carbons (Fsp3) is 0.500. The van der Waals surface area contributed by atoms with Crippen molar-refractivity contribution in [2.24, 2.45) is 0 Å². The van der Waals surface area contributed by atoms with Crippen molar-refractivity contribution in [2.45, 2.75) is 25.0 Å². The predicted octanol–water partition coefficient (Wildman–Crippen LogP) is 0.794. The van der Waals surface area contributed by atoms with Gasteiger partial charge in [0, 0.05) is 25.9 Å². The summed E-state index contributed by atoms with van der Waals surface area (Å²) in [6.07, 6.45) is 1.79. The average molecular weight is 294 g/mol. The van der Waals surface area contributed by atoms with Gasteiger partial charge in [0.2, 0.25) is 5.88 Å². The number of carbonyl (C=O) groups is 2. The molecule has 1 amide bonds. The molecule has 0 bridgehead atoms. The van der Waals surface area contributed by atoms with E-state index in [-0.39, 0.29) is 30.4 Å². The molecule has 1 saturated heterocycles. The summed E-state index contributed by atoms with van der Waals surface area (Å²) in [7, 11) is 3.00. The fourth-order valence-electron chi connectivity index (χ4n) is 2.56. The number of aliphatic carboxylic acids is 1. The van der Waals surface area contributed by atoms with Crippen LogP contribution in [0.2, 0.25) is 0 Å². The molecule has 2 atom stereocenters. The van der Waals surface area contributed by atoms with Gasteiger partial charge >= 0.3 is 5.97 Å². The number of hydrogen-bond donors (Lipinski definition) is 1. The van der Waals surface area contributed by atoms with Crippen molar-refractivity contribution in [1.29, 1.82) is 0 Å². The van der Waals surface area contributed by atoms with Crippen molar-refractivity contribution in [3.05, 3.63) is 23.9 Å². The van der Waals surface area contributed by atoms with Gasteiger partial charge in [-0.05, 0) is 18.6 Å². The van der Waals surface area contributed by atoms with Crippen molar-refractivity contribution >= 4 is 11.9 Å². The van der Waals surface area contributed by atoms with Crippen LogP contribution in [0.3, 0.4) is 0 Å². The zero-order valence-corrected chi connectivity index (χ0v) is 12.0. The SMILES string of the molecule is COc1ncccc1C(=O)N1CC(OC)CC1CC(=O)O. The Hall–Kier alpha value is -2.15. The third-order valence-electron chi connectivity index (χ3n) is 3.58. The number of rotatable bonds is 5. The van der Waals surface area contributed by atoms with Gasteiger partial charge in [-0.25, -0.2) is 4.98 Å². The van der Waals surface area contributed by atoms with Gasteiger partial charge in [0.15, 0.2) is 0 Å². The molecule has 0 aliphatic carbocycles. The summed E-state index contributed by atoms with van der Waals surface area (Å²) in [6, 6.07) is 2.88. The second kappa shape index (κ2) is 6.53. The van der Waals surface area contributed by atoms with Crippen molar-refractivity contribution < 1.29 is 24.2 Å². The van der Waals surface area contributed by atoms with Gasteiger partial charge in [0.05, 0.1) is 19.6 Å². The van der Waals surface area contributed by atoms with Gasteiger partial charge in [0.1, 0.15) is 5.56 Å². The monoisotopic (exact) mass is 294 g/mol. The largest absolute Gasteiger partial charge is 0.481 e. The molecule has 0 spiro atoms. The van der Waals surface area contributed by atoms with E-state index in [4.69, 9.17) is 14.6 Å². The maximum absolute atomic E-state index is 12.6. The lowest BCUT2D eigenvalue weighted by molar-refractivity contribution is -0.137. The standard InChI is InChI=1S/C14H18N2O5/c1-20-10-6-9(7-12(17)18)16(8-10)14(19)11-4-3-5-15-13(11)21-2/h3-5,9-10H,6-8H2,1-2H3,(H,17,18). The van der Waals surface area contributed by atoms with E-state index in [0.29, 0.717) is 18.5 Å². The van der Waals surface area contributed by atoms with Gasteiger partial charge in [0.25, 0.3) is 5.91 Å². The number of amides is 1. The van der Waals surface area contributed by atoms with Crippen LogP contribution in [0.4, 0.5) is 0 Å². The van der Waals surface area contributed by atoms with Crippen LogP contribution in [0.1, 0.15) is 23.2 Å². The molecule has 1 fully saturated rings. The van der Waals surface area contributed by atoms with E-state index < -0.39 is 5.97 Å². The first-order chi connectivity index (χ1) is 10.1. The van der Waals surface area contributed by atoms with Crippen LogP contribution in [0.5, 0.6) is 5.88 Å². The van der Waals surface area contributed by atoms with Crippen molar-refractivity contribution in [3.8, 4) is 5.88 Å². The Morgan fingerprint density at radius 3 is 2.86 bits per heavy atom. The lowest BCUT2D eigenvalue weighted by Crippen LogP contribution is -2.37. The number of carbonyl (C=O) groups excluding carboxylic acids is 1. The minimum absolute atomic E-state index is 0.103. The topological polar surface area (TPSA) is 89.0 Å². The highest BCUT2D eigenvalue weighted by Gasteiger charge is 2.37. The van der Waals surface area contributed by atoms with E-state index in [1.807, 2.05) is 0 Å². The summed E-state index contributed by atoms with van der Waals surface area (Å²) in [4.78, 5) is 29.1. The zero-order valence-electron chi connectivity index (χ0n) is 12.0. The molecule has 1 aromatic rings. The number of pyridine rings is 1. The maximum atomic E-state index is 12.6. The summed E-state index contributed by atoms with van der Waals surface area (Å²) in [5, 5.41) is 8.99. The number of nitrogens with zero attached hydrogens (tertiary/aromatic N) is 2. The number of carboxylic acids is 1. The highest BCUT2D eigenvalue weighted by Crippen LogP contribution is 2.26. The number of carboxylic acid groups (broad SMARTS) is 1. The molecule has 2 heterocycles. The quantitative estimate of drug-likeness (QED) is 0.864. The van der Waals surface area contributed by atoms with Gasteiger partial charge in [-0.3, -0.25) is 9.59 Å². The number of ether oxygens (including phenoxy) is 2. The summed E-state index contributed by atoms with van der Waals surface area (Å²) >= 11 is 0. The molecule has 2 rings (SSSR count). The van der Waals surface area contributed by atoms with Crippen LogP contribution in [0.15, 0.2) is 18.3 Å². The van der Waals surface area contributed by atoms with Crippen molar-refractivity contribution in [2.75, 3.05) is 20.8 Å². The Morgan fingerprint density at radius 2 is 2.24 bits per heavy atom. The van der Waals surface area contributed by atoms with Gasteiger partial charge in [-0.2, -0.15) is 0 Å². The average Bonchev–Trinajstić information content (AvgIpc) is 2.88. The summed E-state index contributed by atoms with van der Waals surface area (Å²) in [5.74, 6) is -0.990. The van der Waals surface area contributed by atoms with E-state index in [0.717, 1.165) is 0 Å². The highest BCUT2D eigenvalue weighted by molar-refractivity contribution is 5.97. The minimum Gasteiger partial charge on any atom is -0.481 e. The maximum Gasteiger partial charge on any atom is 0.305 e. The summed E-state index contributed by atoms with van der Waals surface area (Å²) < 4.78 is 10.4. The lowest BCUT2D eigenvalue weighted by atomic mass is 10.1. The van der Waals surface area contributed by atoms with E-state index in [1.54, 1.807) is 19.2 Å². The summed E-state index contributed by atoms with van der Waals surface area (Å²) in [6.45, 7) is 0.366. The number of methoxy groups -OCH3 is 2. The molecule has 1 aromatic heterocycles. The van der Waals surface area contributed by atoms with E-state index in [2.05, 4.69) is 4.98 Å². The van der Waals surface area contributed by atoms with Crippen LogP contribution in [0.25, 0.3) is 0 Å². The molecular formula is C14H18N2O5. The minimum atomic E-state index is -0.937. The molecule has 114 valence electrons. The van der Waals surface area contributed by atoms with Crippen molar-refractivity contribution in [3.63, 3.8) is 0 Å². The summed E-state index contributed by atoms with van der Waals surface area (Å²) in [5.41, 5.74) is 0.326. The van der Waals surface area contributed by atoms with Crippen LogP contribution in [-0.4, -0.2) is 59.8 Å². The molecule has 1 aliphatic rings. The third kappa shape index (κ3) is 3.30. The molecule has 1 aliphatic heterocycles. The molecule has 7 nitrogen and oxygen atoms in total. The normalized spacial score (nSPS) is 21.3. The fourth-order valence-corrected chi connectivity index (χ4v) is 2.56. The van der Waals surface area contributed by atoms with Crippen molar-refractivity contribution in [1.82, 2.24) is 9.88 Å². The Kier molecular flexibility index (Phi) is 4.74. The van der Waals surface area contributed by atoms with Crippen LogP contribution in [0, 0.1) is 0 Å². The molecule has 7 heteroatoms. The Morgan fingerprint density at radius 1 is 1.48 bits per heavy atom. The molecule has 0 aromatic carbocycles. The molecule has 21 heavy (non-hydrogen) atoms. The number of hydrogen-bond acceptors (Lipinski definition) is 5. The first kappa shape index (κ1) is 15.2. The van der Waals surface area contributed by atoms with Crippen LogP contribution < -0.4 is 4.74 Å². The molecule has 0 saturated carbocycles. The van der Waals surface area contributed by atoms with Gasteiger partial charge in [-0.1, -0.05) is 0 Å². The second-order valence-corrected chi connectivity index (χ2v) is 4.86. The van der Waals surface area contributed by atoms with E-state index >= 15 is 0 Å². The number of aromatic nitrogens is 1.